The third-order valence-corrected chi connectivity index (χ3v) is 2.69. The van der Waals surface area contributed by atoms with Crippen molar-refractivity contribution in [3.63, 3.8) is 0 Å². The van der Waals surface area contributed by atoms with Crippen molar-refractivity contribution in [2.24, 2.45) is 0 Å². The smallest absolute Gasteiger partial charge is 0.230 e. The first kappa shape index (κ1) is 10.6. The SMILES string of the molecule is COC1=CC(=O)c2[nH]c(CO)c(C)c2C1=O. The van der Waals surface area contributed by atoms with Gasteiger partial charge in [0.05, 0.1) is 25.0 Å². The van der Waals surface area contributed by atoms with Crippen LogP contribution in [0.4, 0.5) is 0 Å². The molecule has 0 aromatic carbocycles. The summed E-state index contributed by atoms with van der Waals surface area (Å²) in [6.07, 6.45) is 1.15. The van der Waals surface area contributed by atoms with E-state index in [1.54, 1.807) is 6.92 Å². The zero-order valence-electron chi connectivity index (χ0n) is 8.96. The van der Waals surface area contributed by atoms with Gasteiger partial charge in [-0.05, 0) is 12.5 Å². The largest absolute Gasteiger partial charge is 0.492 e. The molecule has 0 atom stereocenters. The molecule has 0 radical (unpaired) electrons. The molecule has 1 aromatic heterocycles. The number of allylic oxidation sites excluding steroid dienone is 2. The van der Waals surface area contributed by atoms with Gasteiger partial charge in [0.1, 0.15) is 0 Å². The summed E-state index contributed by atoms with van der Waals surface area (Å²) >= 11 is 0. The number of ketones is 2. The monoisotopic (exact) mass is 221 g/mol. The van der Waals surface area contributed by atoms with E-state index in [1.165, 1.54) is 7.11 Å². The molecule has 0 unspecified atom stereocenters. The van der Waals surface area contributed by atoms with Crippen LogP contribution in [0.5, 0.6) is 0 Å². The highest BCUT2D eigenvalue weighted by molar-refractivity contribution is 6.23. The Morgan fingerprint density at radius 1 is 1.44 bits per heavy atom. The van der Waals surface area contributed by atoms with E-state index in [1.807, 2.05) is 0 Å². The van der Waals surface area contributed by atoms with Crippen LogP contribution in [0.1, 0.15) is 32.1 Å². The summed E-state index contributed by atoms with van der Waals surface area (Å²) in [4.78, 5) is 26.3. The molecule has 0 spiro atoms. The fourth-order valence-corrected chi connectivity index (χ4v) is 1.80. The van der Waals surface area contributed by atoms with Crippen LogP contribution >= 0.6 is 0 Å². The van der Waals surface area contributed by atoms with Gasteiger partial charge in [-0.15, -0.1) is 0 Å². The van der Waals surface area contributed by atoms with Gasteiger partial charge in [-0.2, -0.15) is 0 Å². The van der Waals surface area contributed by atoms with Crippen molar-refractivity contribution in [1.29, 1.82) is 0 Å². The second kappa shape index (κ2) is 3.61. The molecular weight excluding hydrogens is 210 g/mol. The van der Waals surface area contributed by atoms with Gasteiger partial charge >= 0.3 is 0 Å². The first-order valence-corrected chi connectivity index (χ1v) is 4.77. The highest BCUT2D eigenvalue weighted by atomic mass is 16.5. The highest BCUT2D eigenvalue weighted by Crippen LogP contribution is 2.26. The molecule has 5 nitrogen and oxygen atoms in total. The third-order valence-electron chi connectivity index (χ3n) is 2.69. The van der Waals surface area contributed by atoms with Crippen molar-refractivity contribution in [2.75, 3.05) is 7.11 Å². The van der Waals surface area contributed by atoms with Crippen molar-refractivity contribution in [2.45, 2.75) is 13.5 Å². The van der Waals surface area contributed by atoms with E-state index in [0.717, 1.165) is 6.08 Å². The van der Waals surface area contributed by atoms with E-state index in [9.17, 15) is 9.59 Å². The second-order valence-electron chi connectivity index (χ2n) is 3.54. The predicted molar refractivity (Wildman–Crippen MR) is 55.2 cm³/mol. The van der Waals surface area contributed by atoms with E-state index in [-0.39, 0.29) is 29.6 Å². The molecule has 0 fully saturated rings. The third kappa shape index (κ3) is 1.29. The first-order chi connectivity index (χ1) is 7.60. The van der Waals surface area contributed by atoms with E-state index in [4.69, 9.17) is 9.84 Å². The van der Waals surface area contributed by atoms with E-state index < -0.39 is 0 Å². The molecule has 2 N–H and O–H groups in total. The topological polar surface area (TPSA) is 79.4 Å². The minimum atomic E-state index is -0.328. The number of carbonyl (C=O) groups is 2. The van der Waals surface area contributed by atoms with Crippen molar-refractivity contribution >= 4 is 11.6 Å². The first-order valence-electron chi connectivity index (χ1n) is 4.77. The second-order valence-corrected chi connectivity index (χ2v) is 3.54. The van der Waals surface area contributed by atoms with Crippen LogP contribution in [0.2, 0.25) is 0 Å². The summed E-state index contributed by atoms with van der Waals surface area (Å²) in [6, 6.07) is 0. The number of aromatic amines is 1. The fraction of sp³-hybridized carbons (Fsp3) is 0.273. The summed E-state index contributed by atoms with van der Waals surface area (Å²) in [7, 11) is 1.34. The van der Waals surface area contributed by atoms with Gasteiger partial charge in [0, 0.05) is 11.8 Å². The summed E-state index contributed by atoms with van der Waals surface area (Å²) in [5, 5.41) is 9.06. The van der Waals surface area contributed by atoms with Crippen LogP contribution in [0.3, 0.4) is 0 Å². The van der Waals surface area contributed by atoms with Crippen molar-refractivity contribution in [3.05, 3.63) is 34.3 Å². The number of Topliss-reactive ketones (excluding diaryl/α,β-unsaturated/α-hetero) is 1. The van der Waals surface area contributed by atoms with E-state index in [0.29, 0.717) is 16.8 Å². The maximum absolute atomic E-state index is 11.9. The van der Waals surface area contributed by atoms with E-state index in [2.05, 4.69) is 4.98 Å². The van der Waals surface area contributed by atoms with Gasteiger partial charge in [-0.1, -0.05) is 0 Å². The van der Waals surface area contributed by atoms with E-state index >= 15 is 0 Å². The normalized spacial score (nSPS) is 14.8. The molecule has 0 saturated carbocycles. The molecule has 5 heteroatoms. The number of hydrogen-bond donors (Lipinski definition) is 2. The number of hydrogen-bond acceptors (Lipinski definition) is 4. The van der Waals surface area contributed by atoms with Crippen molar-refractivity contribution in [3.8, 4) is 0 Å². The zero-order valence-corrected chi connectivity index (χ0v) is 8.96. The lowest BCUT2D eigenvalue weighted by atomic mass is 9.97. The Hall–Kier alpha value is -1.88. The molecule has 1 aliphatic rings. The highest BCUT2D eigenvalue weighted by Gasteiger charge is 2.31. The number of H-pyrrole nitrogens is 1. The average Bonchev–Trinajstić information content (AvgIpc) is 2.61. The summed E-state index contributed by atoms with van der Waals surface area (Å²) < 4.78 is 4.84. The van der Waals surface area contributed by atoms with Crippen LogP contribution in [0.15, 0.2) is 11.8 Å². The Morgan fingerprint density at radius 3 is 2.69 bits per heavy atom. The predicted octanol–water partition coefficient (Wildman–Crippen LogP) is 0.725. The Balaban J connectivity index is 2.64. The fourth-order valence-electron chi connectivity index (χ4n) is 1.80. The number of rotatable bonds is 2. The Bertz CT molecular complexity index is 510. The Morgan fingerprint density at radius 2 is 2.12 bits per heavy atom. The van der Waals surface area contributed by atoms with Gasteiger partial charge in [0.2, 0.25) is 11.6 Å². The van der Waals surface area contributed by atoms with Gasteiger partial charge in [-0.25, -0.2) is 0 Å². The molecule has 2 rings (SSSR count). The maximum Gasteiger partial charge on any atom is 0.230 e. The van der Waals surface area contributed by atoms with Gasteiger partial charge in [0.25, 0.3) is 0 Å². The molecule has 84 valence electrons. The summed E-state index contributed by atoms with van der Waals surface area (Å²) in [5.74, 6) is -0.608. The molecule has 0 amide bonds. The Labute approximate surface area is 91.7 Å². The van der Waals surface area contributed by atoms with Crippen LogP contribution < -0.4 is 0 Å². The number of carbonyl (C=O) groups excluding carboxylic acids is 2. The number of aliphatic hydroxyl groups excluding tert-OH is 1. The number of ether oxygens (including phenoxy) is 1. The molecule has 1 heterocycles. The lowest BCUT2D eigenvalue weighted by Crippen LogP contribution is -2.17. The molecule has 0 bridgehead atoms. The van der Waals surface area contributed by atoms with Gasteiger partial charge in [0.15, 0.2) is 5.76 Å². The van der Waals surface area contributed by atoms with Crippen LogP contribution in [0, 0.1) is 6.92 Å². The van der Waals surface area contributed by atoms with Crippen LogP contribution in [-0.2, 0) is 11.3 Å². The maximum atomic E-state index is 11.9. The van der Waals surface area contributed by atoms with Crippen molar-refractivity contribution in [1.82, 2.24) is 4.98 Å². The minimum Gasteiger partial charge on any atom is -0.492 e. The summed E-state index contributed by atoms with van der Waals surface area (Å²) in [6.45, 7) is 1.45. The lowest BCUT2D eigenvalue weighted by molar-refractivity contribution is 0.0915. The molecule has 0 saturated heterocycles. The minimum absolute atomic E-state index is 0.0316. The average molecular weight is 221 g/mol. The van der Waals surface area contributed by atoms with Crippen LogP contribution in [-0.4, -0.2) is 28.8 Å². The zero-order chi connectivity index (χ0) is 11.9. The van der Waals surface area contributed by atoms with Crippen LogP contribution in [0.25, 0.3) is 0 Å². The molecule has 16 heavy (non-hydrogen) atoms. The molecule has 0 aliphatic heterocycles. The standard InChI is InChI=1S/C11H11NO4/c1-5-6(4-13)12-10-7(14)3-8(16-2)11(15)9(5)10/h3,12-13H,4H2,1-2H3. The van der Waals surface area contributed by atoms with Gasteiger partial charge < -0.3 is 14.8 Å². The van der Waals surface area contributed by atoms with Gasteiger partial charge in [-0.3, -0.25) is 9.59 Å². The number of nitrogens with one attached hydrogen (secondary N) is 1. The summed E-state index contributed by atoms with van der Waals surface area (Å²) in [5.41, 5.74) is 1.61. The molecular formula is C11H11NO4. The molecule has 1 aliphatic carbocycles. The van der Waals surface area contributed by atoms with Crippen molar-refractivity contribution < 1.29 is 19.4 Å². The number of aliphatic hydroxyl groups is 1. The number of methoxy groups -OCH3 is 1. The number of fused-ring (bicyclic) bond motifs is 1. The number of aromatic nitrogens is 1. The molecule has 1 aromatic rings. The lowest BCUT2D eigenvalue weighted by Gasteiger charge is -2.10. The Kier molecular flexibility index (Phi) is 2.40. The quantitative estimate of drug-likeness (QED) is 0.771.